The summed E-state index contributed by atoms with van der Waals surface area (Å²) in [5, 5.41) is 22.4. The zero-order chi connectivity index (χ0) is 16.4. The molecule has 0 aliphatic heterocycles. The molecule has 0 saturated heterocycles. The lowest BCUT2D eigenvalue weighted by atomic mass is 9.86. The molecule has 1 amide bonds. The van der Waals surface area contributed by atoms with E-state index < -0.39 is 28.3 Å². The number of benzene rings is 1. The van der Waals surface area contributed by atoms with E-state index in [1.54, 1.807) is 27.7 Å². The molecule has 0 saturated carbocycles. The maximum atomic E-state index is 12.1. The van der Waals surface area contributed by atoms with Gasteiger partial charge in [0.05, 0.1) is 4.92 Å². The van der Waals surface area contributed by atoms with Crippen LogP contribution in [0.25, 0.3) is 0 Å². The van der Waals surface area contributed by atoms with Crippen LogP contribution in [0.15, 0.2) is 18.2 Å². The molecule has 0 spiro atoms. The van der Waals surface area contributed by atoms with Gasteiger partial charge in [-0.1, -0.05) is 26.8 Å². The fourth-order valence-electron chi connectivity index (χ4n) is 1.81. The Morgan fingerprint density at radius 2 is 1.90 bits per heavy atom. The van der Waals surface area contributed by atoms with Gasteiger partial charge in [0, 0.05) is 17.2 Å². The van der Waals surface area contributed by atoms with E-state index in [0.717, 1.165) is 6.07 Å². The number of rotatable bonds is 4. The highest BCUT2D eigenvalue weighted by molar-refractivity contribution is 5.97. The van der Waals surface area contributed by atoms with Crippen molar-refractivity contribution >= 4 is 17.6 Å². The van der Waals surface area contributed by atoms with Crippen LogP contribution in [-0.4, -0.2) is 27.9 Å². The molecule has 0 aliphatic carbocycles. The van der Waals surface area contributed by atoms with Crippen LogP contribution in [0.5, 0.6) is 0 Å². The van der Waals surface area contributed by atoms with Crippen molar-refractivity contribution in [1.29, 1.82) is 0 Å². The van der Waals surface area contributed by atoms with Gasteiger partial charge in [-0.05, 0) is 18.4 Å². The minimum atomic E-state index is -1.16. The fourth-order valence-corrected chi connectivity index (χ4v) is 1.81. The van der Waals surface area contributed by atoms with Crippen LogP contribution in [0.1, 0.15) is 36.7 Å². The number of hydrogen-bond donors (Lipinski definition) is 2. The summed E-state index contributed by atoms with van der Waals surface area (Å²) in [5.74, 6) is -1.81. The Morgan fingerprint density at radius 1 is 1.33 bits per heavy atom. The lowest BCUT2D eigenvalue weighted by Crippen LogP contribution is -2.49. The summed E-state index contributed by atoms with van der Waals surface area (Å²) in [6.45, 7) is 6.62. The van der Waals surface area contributed by atoms with E-state index in [9.17, 15) is 19.7 Å². The minimum Gasteiger partial charge on any atom is -0.480 e. The zero-order valence-electron chi connectivity index (χ0n) is 12.3. The second-order valence-electron chi connectivity index (χ2n) is 5.87. The van der Waals surface area contributed by atoms with E-state index in [1.165, 1.54) is 12.1 Å². The molecule has 1 atom stereocenters. The molecule has 0 fully saturated rings. The van der Waals surface area contributed by atoms with Gasteiger partial charge in [-0.15, -0.1) is 0 Å². The van der Waals surface area contributed by atoms with Gasteiger partial charge in [0.1, 0.15) is 6.04 Å². The number of aryl methyl sites for hydroxylation is 1. The molecule has 1 unspecified atom stereocenters. The Labute approximate surface area is 122 Å². The molecule has 7 nitrogen and oxygen atoms in total. The first-order valence-electron chi connectivity index (χ1n) is 6.32. The standard InChI is InChI=1S/C14H18N2O5/c1-8-5-6-9(7-10(8)16(20)21)12(17)15-11(13(18)19)14(2,3)4/h5-7,11H,1-4H3,(H,15,17)(H,18,19). The maximum absolute atomic E-state index is 12.1. The molecule has 2 N–H and O–H groups in total. The minimum absolute atomic E-state index is 0.0581. The van der Waals surface area contributed by atoms with Crippen molar-refractivity contribution in [2.75, 3.05) is 0 Å². The Kier molecular flexibility index (Phi) is 4.67. The normalized spacial score (nSPS) is 12.6. The molecule has 0 bridgehead atoms. The van der Waals surface area contributed by atoms with Crippen molar-refractivity contribution in [3.63, 3.8) is 0 Å². The third kappa shape index (κ3) is 4.01. The largest absolute Gasteiger partial charge is 0.480 e. The predicted molar refractivity (Wildman–Crippen MR) is 76.2 cm³/mol. The molecule has 0 aliphatic rings. The Morgan fingerprint density at radius 3 is 2.33 bits per heavy atom. The van der Waals surface area contributed by atoms with Gasteiger partial charge in [0.25, 0.3) is 11.6 Å². The molecule has 1 aromatic rings. The first-order chi connectivity index (χ1) is 9.54. The van der Waals surface area contributed by atoms with Crippen molar-refractivity contribution < 1.29 is 19.6 Å². The van der Waals surface area contributed by atoms with Gasteiger partial charge in [-0.2, -0.15) is 0 Å². The topological polar surface area (TPSA) is 110 Å². The van der Waals surface area contributed by atoms with Crippen molar-refractivity contribution in [3.05, 3.63) is 39.4 Å². The summed E-state index contributed by atoms with van der Waals surface area (Å²) in [6, 6.07) is 2.94. The molecule has 0 aromatic heterocycles. The number of carboxylic acids is 1. The smallest absolute Gasteiger partial charge is 0.326 e. The number of nitrogens with one attached hydrogen (secondary N) is 1. The van der Waals surface area contributed by atoms with Crippen LogP contribution in [0.2, 0.25) is 0 Å². The van der Waals surface area contributed by atoms with Crippen LogP contribution in [0.3, 0.4) is 0 Å². The van der Waals surface area contributed by atoms with Crippen molar-refractivity contribution in [2.24, 2.45) is 5.41 Å². The van der Waals surface area contributed by atoms with Crippen molar-refractivity contribution in [3.8, 4) is 0 Å². The average Bonchev–Trinajstić information content (AvgIpc) is 2.33. The summed E-state index contributed by atoms with van der Waals surface area (Å²) in [4.78, 5) is 33.6. The van der Waals surface area contributed by atoms with Gasteiger partial charge >= 0.3 is 5.97 Å². The molecule has 114 valence electrons. The summed E-state index contributed by atoms with van der Waals surface area (Å²) in [5.41, 5.74) is -0.367. The number of carboxylic acid groups (broad SMARTS) is 1. The highest BCUT2D eigenvalue weighted by atomic mass is 16.6. The van der Waals surface area contributed by atoms with E-state index in [4.69, 9.17) is 5.11 Å². The van der Waals surface area contributed by atoms with Gasteiger partial charge in [-0.3, -0.25) is 14.9 Å². The summed E-state index contributed by atoms with van der Waals surface area (Å²) in [7, 11) is 0. The number of hydrogen-bond acceptors (Lipinski definition) is 4. The predicted octanol–water partition coefficient (Wildman–Crippen LogP) is 2.13. The Bertz CT molecular complexity index is 590. The van der Waals surface area contributed by atoms with E-state index in [0.29, 0.717) is 5.56 Å². The highest BCUT2D eigenvalue weighted by Crippen LogP contribution is 2.22. The first-order valence-corrected chi connectivity index (χ1v) is 6.32. The zero-order valence-corrected chi connectivity index (χ0v) is 12.3. The van der Waals surface area contributed by atoms with Crippen LogP contribution in [0, 0.1) is 22.5 Å². The number of nitro groups is 1. The third-order valence-electron chi connectivity index (χ3n) is 3.06. The molecule has 0 heterocycles. The van der Waals surface area contributed by atoms with Crippen LogP contribution >= 0.6 is 0 Å². The number of nitro benzene ring substituents is 1. The van der Waals surface area contributed by atoms with Crippen LogP contribution in [-0.2, 0) is 4.79 Å². The number of amides is 1. The van der Waals surface area contributed by atoms with E-state index >= 15 is 0 Å². The van der Waals surface area contributed by atoms with Gasteiger partial charge in [0.2, 0.25) is 0 Å². The monoisotopic (exact) mass is 294 g/mol. The van der Waals surface area contributed by atoms with Gasteiger partial charge in [0.15, 0.2) is 0 Å². The molecule has 1 rings (SSSR count). The van der Waals surface area contributed by atoms with E-state index in [-0.39, 0.29) is 11.3 Å². The van der Waals surface area contributed by atoms with Crippen molar-refractivity contribution in [1.82, 2.24) is 5.32 Å². The van der Waals surface area contributed by atoms with Crippen LogP contribution in [0.4, 0.5) is 5.69 Å². The van der Waals surface area contributed by atoms with E-state index in [2.05, 4.69) is 5.32 Å². The maximum Gasteiger partial charge on any atom is 0.326 e. The second-order valence-corrected chi connectivity index (χ2v) is 5.87. The number of carbonyl (C=O) groups is 2. The molecular formula is C14H18N2O5. The lowest BCUT2D eigenvalue weighted by Gasteiger charge is -2.27. The van der Waals surface area contributed by atoms with E-state index in [1.807, 2.05) is 0 Å². The van der Waals surface area contributed by atoms with Gasteiger partial charge in [-0.25, -0.2) is 4.79 Å². The SMILES string of the molecule is Cc1ccc(C(=O)NC(C(=O)O)C(C)(C)C)cc1[N+](=O)[O-]. The average molecular weight is 294 g/mol. The summed E-state index contributed by atoms with van der Waals surface area (Å²) < 4.78 is 0. The second kappa shape index (κ2) is 5.90. The molecule has 0 radical (unpaired) electrons. The van der Waals surface area contributed by atoms with Crippen molar-refractivity contribution in [2.45, 2.75) is 33.7 Å². The molecule has 1 aromatic carbocycles. The first kappa shape index (κ1) is 16.6. The fraction of sp³-hybridized carbons (Fsp3) is 0.429. The molecule has 21 heavy (non-hydrogen) atoms. The Hall–Kier alpha value is -2.44. The number of nitrogens with zero attached hydrogens (tertiary/aromatic N) is 1. The lowest BCUT2D eigenvalue weighted by molar-refractivity contribution is -0.385. The quantitative estimate of drug-likeness (QED) is 0.653. The summed E-state index contributed by atoms with van der Waals surface area (Å²) in [6.07, 6.45) is 0. The third-order valence-corrected chi connectivity index (χ3v) is 3.06. The number of carbonyl (C=O) groups excluding carboxylic acids is 1. The number of aliphatic carboxylic acids is 1. The Balaban J connectivity index is 3.07. The highest BCUT2D eigenvalue weighted by Gasteiger charge is 2.33. The summed E-state index contributed by atoms with van der Waals surface area (Å²) >= 11 is 0. The van der Waals surface area contributed by atoms with Crippen LogP contribution < -0.4 is 5.32 Å². The van der Waals surface area contributed by atoms with Gasteiger partial charge < -0.3 is 10.4 Å². The molecule has 7 heteroatoms. The molecular weight excluding hydrogens is 276 g/mol.